The van der Waals surface area contributed by atoms with Crippen LogP contribution in [0.5, 0.6) is 0 Å². The van der Waals surface area contributed by atoms with Gasteiger partial charge in [-0.1, -0.05) is 42.1 Å². The standard InChI is InChI=1S/C24H15F4N3OS/c25-16-9-11-17(12-10-16)31-22(32)21-20(18-3-1-2-4-19(18)29-21)30-23(31)33-13-14-5-7-15(8-6-14)24(26,27)28/h1-12,29H,13H2. The number of fused-ring (bicyclic) bond motifs is 3. The van der Waals surface area contributed by atoms with Crippen LogP contribution in [0.4, 0.5) is 17.6 Å². The van der Waals surface area contributed by atoms with Crippen LogP contribution in [0.15, 0.2) is 82.7 Å². The molecule has 3 aromatic carbocycles. The van der Waals surface area contributed by atoms with Crippen LogP contribution in [0, 0.1) is 5.82 Å². The Labute approximate surface area is 188 Å². The van der Waals surface area contributed by atoms with Gasteiger partial charge in [-0.15, -0.1) is 0 Å². The summed E-state index contributed by atoms with van der Waals surface area (Å²) in [6.07, 6.45) is -4.41. The van der Waals surface area contributed by atoms with E-state index >= 15 is 0 Å². The molecule has 5 aromatic rings. The number of nitrogens with one attached hydrogen (secondary N) is 1. The van der Waals surface area contributed by atoms with Crippen LogP contribution in [0.1, 0.15) is 11.1 Å². The summed E-state index contributed by atoms with van der Waals surface area (Å²) in [4.78, 5) is 21.2. The fourth-order valence-electron chi connectivity index (χ4n) is 3.59. The predicted octanol–water partition coefficient (Wildman–Crippen LogP) is 6.32. The van der Waals surface area contributed by atoms with E-state index < -0.39 is 17.6 Å². The molecule has 166 valence electrons. The molecular formula is C24H15F4N3OS. The van der Waals surface area contributed by atoms with E-state index in [-0.39, 0.29) is 5.56 Å². The Morgan fingerprint density at radius 1 is 0.939 bits per heavy atom. The van der Waals surface area contributed by atoms with Crippen LogP contribution in [-0.2, 0) is 11.9 Å². The minimum Gasteiger partial charge on any atom is -0.349 e. The Hall–Kier alpha value is -3.59. The van der Waals surface area contributed by atoms with Crippen molar-refractivity contribution in [3.63, 3.8) is 0 Å². The average Bonchev–Trinajstić information content (AvgIpc) is 3.17. The fourth-order valence-corrected chi connectivity index (χ4v) is 4.56. The van der Waals surface area contributed by atoms with E-state index in [1.54, 1.807) is 0 Å². The van der Waals surface area contributed by atoms with Gasteiger partial charge in [-0.3, -0.25) is 9.36 Å². The number of aromatic nitrogens is 3. The van der Waals surface area contributed by atoms with Crippen molar-refractivity contribution in [3.05, 3.63) is 100 Å². The van der Waals surface area contributed by atoms with Crippen molar-refractivity contribution in [1.29, 1.82) is 0 Å². The minimum absolute atomic E-state index is 0.291. The lowest BCUT2D eigenvalue weighted by atomic mass is 10.1. The number of benzene rings is 3. The molecule has 0 aliphatic heterocycles. The molecule has 0 saturated carbocycles. The van der Waals surface area contributed by atoms with Crippen molar-refractivity contribution < 1.29 is 17.6 Å². The molecule has 0 saturated heterocycles. The van der Waals surface area contributed by atoms with Gasteiger partial charge >= 0.3 is 6.18 Å². The van der Waals surface area contributed by atoms with E-state index in [2.05, 4.69) is 4.98 Å². The summed E-state index contributed by atoms with van der Waals surface area (Å²) < 4.78 is 53.4. The summed E-state index contributed by atoms with van der Waals surface area (Å²) in [6.45, 7) is 0. The first-order valence-corrected chi connectivity index (χ1v) is 10.9. The molecule has 9 heteroatoms. The Morgan fingerprint density at radius 3 is 2.33 bits per heavy atom. The first-order chi connectivity index (χ1) is 15.8. The molecule has 0 amide bonds. The van der Waals surface area contributed by atoms with Crippen molar-refractivity contribution in [2.24, 2.45) is 0 Å². The van der Waals surface area contributed by atoms with Crippen LogP contribution >= 0.6 is 11.8 Å². The molecule has 1 N–H and O–H groups in total. The molecule has 0 unspecified atom stereocenters. The van der Waals surface area contributed by atoms with Crippen molar-refractivity contribution >= 4 is 33.7 Å². The van der Waals surface area contributed by atoms with Gasteiger partial charge < -0.3 is 4.98 Å². The molecule has 0 aliphatic carbocycles. The number of aromatic amines is 1. The number of alkyl halides is 3. The van der Waals surface area contributed by atoms with Crippen LogP contribution in [0.3, 0.4) is 0 Å². The highest BCUT2D eigenvalue weighted by Gasteiger charge is 2.30. The Morgan fingerprint density at radius 2 is 1.64 bits per heavy atom. The first kappa shape index (κ1) is 21.3. The zero-order valence-electron chi connectivity index (χ0n) is 16.9. The van der Waals surface area contributed by atoms with E-state index in [4.69, 9.17) is 4.98 Å². The topological polar surface area (TPSA) is 50.7 Å². The number of H-pyrrole nitrogens is 1. The summed E-state index contributed by atoms with van der Waals surface area (Å²) in [5, 5.41) is 1.14. The third kappa shape index (κ3) is 4.00. The van der Waals surface area contributed by atoms with E-state index in [1.165, 1.54) is 52.7 Å². The summed E-state index contributed by atoms with van der Waals surface area (Å²) in [5.74, 6) is -0.148. The highest BCUT2D eigenvalue weighted by Crippen LogP contribution is 2.31. The molecule has 2 aromatic heterocycles. The molecule has 0 fully saturated rings. The average molecular weight is 469 g/mol. The number of hydrogen-bond acceptors (Lipinski definition) is 3. The van der Waals surface area contributed by atoms with Gasteiger partial charge in [0, 0.05) is 16.7 Å². The molecule has 2 heterocycles. The molecule has 0 radical (unpaired) electrons. The van der Waals surface area contributed by atoms with Crippen molar-refractivity contribution in [2.75, 3.05) is 0 Å². The van der Waals surface area contributed by atoms with E-state index in [9.17, 15) is 22.4 Å². The molecule has 4 nitrogen and oxygen atoms in total. The van der Waals surface area contributed by atoms with Crippen LogP contribution < -0.4 is 5.56 Å². The predicted molar refractivity (Wildman–Crippen MR) is 120 cm³/mol. The second kappa shape index (κ2) is 8.08. The number of para-hydroxylation sites is 1. The van der Waals surface area contributed by atoms with Crippen molar-refractivity contribution in [1.82, 2.24) is 14.5 Å². The van der Waals surface area contributed by atoms with Gasteiger partial charge in [0.2, 0.25) is 0 Å². The van der Waals surface area contributed by atoms with Gasteiger partial charge in [-0.05, 0) is 48.0 Å². The summed E-state index contributed by atoms with van der Waals surface area (Å²) in [6, 6.07) is 17.7. The second-order valence-corrected chi connectivity index (χ2v) is 8.33. The largest absolute Gasteiger partial charge is 0.416 e. The minimum atomic E-state index is -4.41. The molecule has 0 atom stereocenters. The number of thioether (sulfide) groups is 1. The lowest BCUT2D eigenvalue weighted by Crippen LogP contribution is -2.21. The summed E-state index contributed by atoms with van der Waals surface area (Å²) >= 11 is 1.22. The maximum Gasteiger partial charge on any atom is 0.416 e. The Kier molecular flexibility index (Phi) is 5.20. The lowest BCUT2D eigenvalue weighted by molar-refractivity contribution is -0.137. The van der Waals surface area contributed by atoms with Gasteiger partial charge in [-0.2, -0.15) is 13.2 Å². The van der Waals surface area contributed by atoms with E-state index in [0.717, 1.165) is 23.0 Å². The maximum absolute atomic E-state index is 13.5. The SMILES string of the molecule is O=c1c2[nH]c3ccccc3c2nc(SCc2ccc(C(F)(F)F)cc2)n1-c1ccc(F)cc1. The zero-order chi connectivity index (χ0) is 23.2. The summed E-state index contributed by atoms with van der Waals surface area (Å²) in [7, 11) is 0. The van der Waals surface area contributed by atoms with Gasteiger partial charge in [0.15, 0.2) is 5.16 Å². The smallest absolute Gasteiger partial charge is 0.349 e. The molecule has 0 spiro atoms. The van der Waals surface area contributed by atoms with Crippen LogP contribution in [0.2, 0.25) is 0 Å². The third-order valence-electron chi connectivity index (χ3n) is 5.23. The lowest BCUT2D eigenvalue weighted by Gasteiger charge is -2.12. The molecule has 5 rings (SSSR count). The third-order valence-corrected chi connectivity index (χ3v) is 6.24. The zero-order valence-corrected chi connectivity index (χ0v) is 17.7. The Balaban J connectivity index is 1.61. The monoisotopic (exact) mass is 469 g/mol. The van der Waals surface area contributed by atoms with Crippen molar-refractivity contribution in [2.45, 2.75) is 17.1 Å². The maximum atomic E-state index is 13.5. The highest BCUT2D eigenvalue weighted by molar-refractivity contribution is 7.98. The van der Waals surface area contributed by atoms with E-state index in [0.29, 0.717) is 33.2 Å². The molecule has 0 aliphatic rings. The van der Waals surface area contributed by atoms with Gasteiger partial charge in [0.05, 0.1) is 11.3 Å². The second-order valence-electron chi connectivity index (χ2n) is 7.39. The van der Waals surface area contributed by atoms with Crippen LogP contribution in [0.25, 0.3) is 27.6 Å². The number of halogens is 4. The highest BCUT2D eigenvalue weighted by atomic mass is 32.2. The number of rotatable bonds is 4. The quantitative estimate of drug-likeness (QED) is 0.190. The van der Waals surface area contributed by atoms with Gasteiger partial charge in [0.1, 0.15) is 16.9 Å². The molecule has 0 bridgehead atoms. The molecular weight excluding hydrogens is 454 g/mol. The van der Waals surface area contributed by atoms with E-state index in [1.807, 2.05) is 24.3 Å². The van der Waals surface area contributed by atoms with Crippen LogP contribution in [-0.4, -0.2) is 14.5 Å². The van der Waals surface area contributed by atoms with Gasteiger partial charge in [0.25, 0.3) is 5.56 Å². The normalized spacial score (nSPS) is 12.0. The Bertz CT molecular complexity index is 1520. The number of hydrogen-bond donors (Lipinski definition) is 1. The van der Waals surface area contributed by atoms with Gasteiger partial charge in [-0.25, -0.2) is 9.37 Å². The number of nitrogens with zero attached hydrogens (tertiary/aromatic N) is 2. The first-order valence-electron chi connectivity index (χ1n) is 9.89. The molecule has 33 heavy (non-hydrogen) atoms. The fraction of sp³-hybridized carbons (Fsp3) is 0.0833. The summed E-state index contributed by atoms with van der Waals surface area (Å²) in [5.41, 5.74) is 1.59. The van der Waals surface area contributed by atoms with Crippen molar-refractivity contribution in [3.8, 4) is 5.69 Å².